The van der Waals surface area contributed by atoms with E-state index in [1.54, 1.807) is 7.05 Å². The van der Waals surface area contributed by atoms with Gasteiger partial charge in [-0.3, -0.25) is 9.48 Å². The molecule has 1 aromatic rings. The molecule has 76 valence electrons. The highest BCUT2D eigenvalue weighted by Crippen LogP contribution is 2.09. The first-order valence-corrected chi connectivity index (χ1v) is 4.36. The van der Waals surface area contributed by atoms with Crippen LogP contribution in [-0.2, 0) is 18.3 Å². The molecule has 0 aliphatic rings. The van der Waals surface area contributed by atoms with Crippen LogP contribution >= 0.6 is 0 Å². The summed E-state index contributed by atoms with van der Waals surface area (Å²) in [7, 11) is 1.66. The predicted molar refractivity (Wildman–Crippen MR) is 49.2 cm³/mol. The number of carbonyl (C=O) groups is 2. The van der Waals surface area contributed by atoms with Gasteiger partial charge in [0.25, 0.3) is 5.78 Å². The van der Waals surface area contributed by atoms with Gasteiger partial charge in [-0.25, -0.2) is 4.79 Å². The molecule has 5 heteroatoms. The van der Waals surface area contributed by atoms with Crippen LogP contribution in [0.1, 0.15) is 29.4 Å². The average molecular weight is 196 g/mol. The maximum Gasteiger partial charge on any atom is 0.377 e. The molecule has 0 bridgehead atoms. The highest BCUT2D eigenvalue weighted by Gasteiger charge is 2.20. The fraction of sp³-hybridized carbons (Fsp3) is 0.444. The molecule has 0 aromatic carbocycles. The molecule has 14 heavy (non-hydrogen) atoms. The Morgan fingerprint density at radius 1 is 1.57 bits per heavy atom. The molecule has 0 saturated carbocycles. The number of aromatic nitrogens is 2. The van der Waals surface area contributed by atoms with Crippen LogP contribution in [-0.4, -0.2) is 26.6 Å². The third kappa shape index (κ3) is 1.99. The van der Waals surface area contributed by atoms with Gasteiger partial charge in [-0.05, 0) is 6.42 Å². The molecule has 0 amide bonds. The summed E-state index contributed by atoms with van der Waals surface area (Å²) in [6.07, 6.45) is 2.90. The maximum absolute atomic E-state index is 11.2. The zero-order valence-electron chi connectivity index (χ0n) is 8.15. The van der Waals surface area contributed by atoms with Crippen molar-refractivity contribution in [3.8, 4) is 0 Å². The number of carboxylic acids is 1. The van der Waals surface area contributed by atoms with Gasteiger partial charge < -0.3 is 5.11 Å². The highest BCUT2D eigenvalue weighted by molar-refractivity contribution is 6.40. The second-order valence-electron chi connectivity index (χ2n) is 3.05. The highest BCUT2D eigenvalue weighted by atomic mass is 16.4. The van der Waals surface area contributed by atoms with Crippen LogP contribution in [0.5, 0.6) is 0 Å². The molecule has 0 fully saturated rings. The Labute approximate surface area is 81.3 Å². The number of ketones is 1. The number of carboxylic acid groups (broad SMARTS) is 1. The first-order valence-electron chi connectivity index (χ1n) is 4.36. The Balaban J connectivity index is 3.06. The minimum atomic E-state index is -1.43. The molecule has 0 unspecified atom stereocenters. The van der Waals surface area contributed by atoms with Crippen LogP contribution < -0.4 is 0 Å². The first kappa shape index (κ1) is 10.4. The van der Waals surface area contributed by atoms with Gasteiger partial charge in [-0.2, -0.15) is 5.10 Å². The number of aryl methyl sites for hydroxylation is 2. The van der Waals surface area contributed by atoms with E-state index in [2.05, 4.69) is 5.10 Å². The lowest BCUT2D eigenvalue weighted by molar-refractivity contribution is -0.131. The van der Waals surface area contributed by atoms with Crippen molar-refractivity contribution >= 4 is 11.8 Å². The maximum atomic E-state index is 11.2. The monoisotopic (exact) mass is 196 g/mol. The van der Waals surface area contributed by atoms with Crippen LogP contribution in [0, 0.1) is 0 Å². The third-order valence-electron chi connectivity index (χ3n) is 1.83. The van der Waals surface area contributed by atoms with Crippen molar-refractivity contribution in [1.29, 1.82) is 0 Å². The number of Topliss-reactive ketones (excluding diaryl/α,β-unsaturated/α-hetero) is 1. The van der Waals surface area contributed by atoms with Crippen molar-refractivity contribution in [1.82, 2.24) is 9.78 Å². The van der Waals surface area contributed by atoms with Gasteiger partial charge in [0.05, 0.1) is 11.3 Å². The number of carbonyl (C=O) groups excluding carboxylic acids is 1. The molecule has 1 heterocycles. The van der Waals surface area contributed by atoms with Crippen molar-refractivity contribution in [3.05, 3.63) is 17.5 Å². The van der Waals surface area contributed by atoms with Gasteiger partial charge in [0.15, 0.2) is 0 Å². The van der Waals surface area contributed by atoms with Crippen molar-refractivity contribution in [3.63, 3.8) is 0 Å². The van der Waals surface area contributed by atoms with Crippen LogP contribution in [0.4, 0.5) is 0 Å². The minimum absolute atomic E-state index is 0.196. The normalized spacial score (nSPS) is 10.1. The second-order valence-corrected chi connectivity index (χ2v) is 3.05. The van der Waals surface area contributed by atoms with E-state index in [0.717, 1.165) is 6.42 Å². The summed E-state index contributed by atoms with van der Waals surface area (Å²) in [5, 5.41) is 12.6. The molecule has 0 saturated heterocycles. The molecule has 0 spiro atoms. The number of nitrogens with zero attached hydrogens (tertiary/aromatic N) is 2. The lowest BCUT2D eigenvalue weighted by Crippen LogP contribution is -2.13. The molecular weight excluding hydrogens is 184 g/mol. The van der Waals surface area contributed by atoms with Crippen molar-refractivity contribution in [2.75, 3.05) is 0 Å². The van der Waals surface area contributed by atoms with E-state index in [0.29, 0.717) is 12.1 Å². The van der Waals surface area contributed by atoms with Crippen LogP contribution in [0.3, 0.4) is 0 Å². The molecule has 0 aliphatic heterocycles. The number of rotatable bonds is 4. The summed E-state index contributed by atoms with van der Waals surface area (Å²) >= 11 is 0. The van der Waals surface area contributed by atoms with Gasteiger partial charge in [0.1, 0.15) is 0 Å². The fourth-order valence-electron chi connectivity index (χ4n) is 1.26. The van der Waals surface area contributed by atoms with E-state index in [1.807, 2.05) is 6.92 Å². The molecule has 0 atom stereocenters. The fourth-order valence-corrected chi connectivity index (χ4v) is 1.26. The predicted octanol–water partition coefficient (Wildman–Crippen LogP) is 0.640. The molecular formula is C9H12N2O3. The molecule has 1 aromatic heterocycles. The van der Waals surface area contributed by atoms with Gasteiger partial charge in [0.2, 0.25) is 0 Å². The van der Waals surface area contributed by atoms with Gasteiger partial charge in [-0.1, -0.05) is 13.3 Å². The van der Waals surface area contributed by atoms with E-state index in [-0.39, 0.29) is 5.56 Å². The molecule has 5 nitrogen and oxygen atoms in total. The summed E-state index contributed by atoms with van der Waals surface area (Å²) in [5.41, 5.74) is 0.754. The van der Waals surface area contributed by atoms with E-state index >= 15 is 0 Å². The van der Waals surface area contributed by atoms with E-state index < -0.39 is 11.8 Å². The van der Waals surface area contributed by atoms with Gasteiger partial charge in [-0.15, -0.1) is 0 Å². The van der Waals surface area contributed by atoms with Crippen molar-refractivity contribution < 1.29 is 14.7 Å². The summed E-state index contributed by atoms with van der Waals surface area (Å²) in [6, 6.07) is 0. The van der Waals surface area contributed by atoms with Crippen molar-refractivity contribution in [2.24, 2.45) is 7.05 Å². The Bertz CT molecular complexity index is 368. The average Bonchev–Trinajstić information content (AvgIpc) is 2.46. The third-order valence-corrected chi connectivity index (χ3v) is 1.83. The Kier molecular flexibility index (Phi) is 3.01. The zero-order valence-corrected chi connectivity index (χ0v) is 8.15. The van der Waals surface area contributed by atoms with E-state index in [9.17, 15) is 9.59 Å². The number of aliphatic carboxylic acids is 1. The summed E-state index contributed by atoms with van der Waals surface area (Å²) in [4.78, 5) is 21.7. The van der Waals surface area contributed by atoms with E-state index in [1.165, 1.54) is 10.9 Å². The standard InChI is InChI=1S/C9H12N2O3/c1-3-4-7-6(5-11(2)10-7)8(12)9(13)14/h5H,3-4H2,1-2H3,(H,13,14). The lowest BCUT2D eigenvalue weighted by Gasteiger charge is -1.94. The number of hydrogen-bond acceptors (Lipinski definition) is 3. The smallest absolute Gasteiger partial charge is 0.377 e. The van der Waals surface area contributed by atoms with Crippen LogP contribution in [0.15, 0.2) is 6.20 Å². The Morgan fingerprint density at radius 3 is 2.71 bits per heavy atom. The molecule has 0 radical (unpaired) electrons. The Morgan fingerprint density at radius 2 is 2.21 bits per heavy atom. The first-order chi connectivity index (χ1) is 6.56. The summed E-state index contributed by atoms with van der Waals surface area (Å²) in [5.74, 6) is -2.32. The summed E-state index contributed by atoms with van der Waals surface area (Å²) < 4.78 is 1.46. The van der Waals surface area contributed by atoms with Gasteiger partial charge >= 0.3 is 5.97 Å². The molecule has 1 rings (SSSR count). The largest absolute Gasteiger partial charge is 0.475 e. The molecule has 1 N–H and O–H groups in total. The topological polar surface area (TPSA) is 72.2 Å². The summed E-state index contributed by atoms with van der Waals surface area (Å²) in [6.45, 7) is 1.95. The van der Waals surface area contributed by atoms with E-state index in [4.69, 9.17) is 5.11 Å². The van der Waals surface area contributed by atoms with Gasteiger partial charge in [0, 0.05) is 13.2 Å². The molecule has 0 aliphatic carbocycles. The van der Waals surface area contributed by atoms with Crippen molar-refractivity contribution in [2.45, 2.75) is 19.8 Å². The van der Waals surface area contributed by atoms with Crippen LogP contribution in [0.25, 0.3) is 0 Å². The minimum Gasteiger partial charge on any atom is -0.475 e. The SMILES string of the molecule is CCCc1nn(C)cc1C(=O)C(=O)O. The Hall–Kier alpha value is -1.65. The quantitative estimate of drug-likeness (QED) is 0.566. The lowest BCUT2D eigenvalue weighted by atomic mass is 10.1. The zero-order chi connectivity index (χ0) is 10.7. The second kappa shape index (κ2) is 4.04. The number of hydrogen-bond donors (Lipinski definition) is 1. The van der Waals surface area contributed by atoms with Crippen LogP contribution in [0.2, 0.25) is 0 Å².